The van der Waals surface area contributed by atoms with Gasteiger partial charge in [-0.2, -0.15) is 0 Å². The molecule has 0 saturated carbocycles. The standard InChI is InChI=1S/C14H11F3N2O/c1-19(9-4-2-3-8(15)5-9)14(20)10-6-13(18)12(17)7-11(10)16/h2-7H,18H2,1H3. The number of hydrogen-bond donors (Lipinski definition) is 1. The smallest absolute Gasteiger partial charge is 0.261 e. The SMILES string of the molecule is CN(C(=O)c1cc(N)c(F)cc1F)c1cccc(F)c1. The van der Waals surface area contributed by atoms with Gasteiger partial charge < -0.3 is 10.6 Å². The highest BCUT2D eigenvalue weighted by Gasteiger charge is 2.19. The quantitative estimate of drug-likeness (QED) is 0.860. The molecule has 0 radical (unpaired) electrons. The van der Waals surface area contributed by atoms with E-state index in [0.717, 1.165) is 17.0 Å². The van der Waals surface area contributed by atoms with Crippen molar-refractivity contribution in [1.29, 1.82) is 0 Å². The van der Waals surface area contributed by atoms with Gasteiger partial charge in [0.15, 0.2) is 0 Å². The molecule has 6 heteroatoms. The Hall–Kier alpha value is -2.50. The molecule has 2 aromatic carbocycles. The van der Waals surface area contributed by atoms with Gasteiger partial charge in [-0.15, -0.1) is 0 Å². The van der Waals surface area contributed by atoms with Crippen LogP contribution in [0.2, 0.25) is 0 Å². The average molecular weight is 280 g/mol. The van der Waals surface area contributed by atoms with E-state index in [0.29, 0.717) is 6.07 Å². The molecule has 0 aromatic heterocycles. The van der Waals surface area contributed by atoms with Crippen molar-refractivity contribution in [1.82, 2.24) is 0 Å². The molecular formula is C14H11F3N2O. The number of hydrogen-bond acceptors (Lipinski definition) is 2. The summed E-state index contributed by atoms with van der Waals surface area (Å²) in [6, 6.07) is 6.72. The molecular weight excluding hydrogens is 269 g/mol. The summed E-state index contributed by atoms with van der Waals surface area (Å²) in [5.41, 5.74) is 4.86. The Labute approximate surface area is 113 Å². The second kappa shape index (κ2) is 5.24. The van der Waals surface area contributed by atoms with Crippen molar-refractivity contribution in [3.63, 3.8) is 0 Å². The van der Waals surface area contributed by atoms with Gasteiger partial charge in [0.1, 0.15) is 17.5 Å². The van der Waals surface area contributed by atoms with E-state index in [1.54, 1.807) is 0 Å². The largest absolute Gasteiger partial charge is 0.396 e. The van der Waals surface area contributed by atoms with E-state index < -0.39 is 23.4 Å². The lowest BCUT2D eigenvalue weighted by molar-refractivity contribution is 0.0989. The van der Waals surface area contributed by atoms with Gasteiger partial charge in [0.25, 0.3) is 5.91 Å². The van der Waals surface area contributed by atoms with Gasteiger partial charge in [-0.05, 0) is 24.3 Å². The number of rotatable bonds is 2. The van der Waals surface area contributed by atoms with Crippen molar-refractivity contribution in [2.75, 3.05) is 17.7 Å². The first-order chi connectivity index (χ1) is 9.40. The van der Waals surface area contributed by atoms with Crippen LogP contribution in [0.1, 0.15) is 10.4 Å². The van der Waals surface area contributed by atoms with Crippen molar-refractivity contribution in [2.45, 2.75) is 0 Å². The van der Waals surface area contributed by atoms with Crippen LogP contribution >= 0.6 is 0 Å². The molecule has 0 spiro atoms. The van der Waals surface area contributed by atoms with Crippen LogP contribution in [0.5, 0.6) is 0 Å². The number of nitrogens with two attached hydrogens (primary N) is 1. The fourth-order valence-corrected chi connectivity index (χ4v) is 1.71. The van der Waals surface area contributed by atoms with Gasteiger partial charge in [0, 0.05) is 18.8 Å². The van der Waals surface area contributed by atoms with Crippen molar-refractivity contribution in [2.24, 2.45) is 0 Å². The number of halogens is 3. The molecule has 0 unspecified atom stereocenters. The molecule has 3 nitrogen and oxygen atoms in total. The van der Waals surface area contributed by atoms with Gasteiger partial charge in [-0.1, -0.05) is 6.07 Å². The van der Waals surface area contributed by atoms with Crippen LogP contribution in [0.4, 0.5) is 24.5 Å². The monoisotopic (exact) mass is 280 g/mol. The molecule has 0 atom stereocenters. The van der Waals surface area contributed by atoms with E-state index in [4.69, 9.17) is 5.73 Å². The first kappa shape index (κ1) is 13.9. The molecule has 0 aliphatic rings. The van der Waals surface area contributed by atoms with E-state index in [9.17, 15) is 18.0 Å². The number of carbonyl (C=O) groups is 1. The van der Waals surface area contributed by atoms with Gasteiger partial charge >= 0.3 is 0 Å². The Morgan fingerprint density at radius 2 is 1.80 bits per heavy atom. The lowest BCUT2D eigenvalue weighted by Crippen LogP contribution is -2.27. The highest BCUT2D eigenvalue weighted by Crippen LogP contribution is 2.21. The van der Waals surface area contributed by atoms with E-state index in [2.05, 4.69) is 0 Å². The fourth-order valence-electron chi connectivity index (χ4n) is 1.71. The first-order valence-corrected chi connectivity index (χ1v) is 5.68. The zero-order valence-electron chi connectivity index (χ0n) is 10.5. The van der Waals surface area contributed by atoms with Gasteiger partial charge in [-0.25, -0.2) is 13.2 Å². The second-order valence-electron chi connectivity index (χ2n) is 4.20. The summed E-state index contributed by atoms with van der Waals surface area (Å²) < 4.78 is 39.8. The molecule has 1 amide bonds. The topological polar surface area (TPSA) is 46.3 Å². The lowest BCUT2D eigenvalue weighted by atomic mass is 10.1. The molecule has 0 saturated heterocycles. The number of nitrogens with zero attached hydrogens (tertiary/aromatic N) is 1. The van der Waals surface area contributed by atoms with E-state index in [1.165, 1.54) is 25.2 Å². The van der Waals surface area contributed by atoms with E-state index >= 15 is 0 Å². The summed E-state index contributed by atoms with van der Waals surface area (Å²) in [5.74, 6) is -3.24. The molecule has 2 aromatic rings. The minimum absolute atomic E-state index is 0.247. The lowest BCUT2D eigenvalue weighted by Gasteiger charge is -2.18. The predicted molar refractivity (Wildman–Crippen MR) is 69.9 cm³/mol. The number of benzene rings is 2. The van der Waals surface area contributed by atoms with Crippen LogP contribution in [-0.2, 0) is 0 Å². The number of anilines is 2. The molecule has 0 heterocycles. The predicted octanol–water partition coefficient (Wildman–Crippen LogP) is 2.96. The van der Waals surface area contributed by atoms with E-state index in [-0.39, 0.29) is 16.9 Å². The molecule has 0 aliphatic heterocycles. The average Bonchev–Trinajstić information content (AvgIpc) is 2.41. The molecule has 2 rings (SSSR count). The number of nitrogen functional groups attached to an aromatic ring is 1. The second-order valence-corrected chi connectivity index (χ2v) is 4.20. The van der Waals surface area contributed by atoms with Crippen molar-refractivity contribution in [3.05, 3.63) is 59.4 Å². The van der Waals surface area contributed by atoms with Crippen LogP contribution in [-0.4, -0.2) is 13.0 Å². The Balaban J connectivity index is 2.39. The summed E-state index contributed by atoms with van der Waals surface area (Å²) in [6.45, 7) is 0. The molecule has 0 aliphatic carbocycles. The Kier molecular flexibility index (Phi) is 3.65. The zero-order chi connectivity index (χ0) is 14.9. The minimum Gasteiger partial charge on any atom is -0.396 e. The summed E-state index contributed by atoms with van der Waals surface area (Å²) in [6.07, 6.45) is 0. The molecule has 0 bridgehead atoms. The summed E-state index contributed by atoms with van der Waals surface area (Å²) in [7, 11) is 1.36. The van der Waals surface area contributed by atoms with Gasteiger partial charge in [0.05, 0.1) is 11.3 Å². The normalized spacial score (nSPS) is 10.4. The highest BCUT2D eigenvalue weighted by molar-refractivity contribution is 6.06. The van der Waals surface area contributed by atoms with Crippen LogP contribution in [0.3, 0.4) is 0 Å². The van der Waals surface area contributed by atoms with Crippen LogP contribution in [0, 0.1) is 17.5 Å². The highest BCUT2D eigenvalue weighted by atomic mass is 19.1. The van der Waals surface area contributed by atoms with Crippen molar-refractivity contribution < 1.29 is 18.0 Å². The van der Waals surface area contributed by atoms with Crippen LogP contribution in [0.25, 0.3) is 0 Å². The third-order valence-corrected chi connectivity index (χ3v) is 2.82. The minimum atomic E-state index is -1.02. The zero-order valence-corrected chi connectivity index (χ0v) is 10.5. The van der Waals surface area contributed by atoms with Crippen molar-refractivity contribution >= 4 is 17.3 Å². The van der Waals surface area contributed by atoms with Crippen LogP contribution in [0.15, 0.2) is 36.4 Å². The third kappa shape index (κ3) is 2.59. The fraction of sp³-hybridized carbons (Fsp3) is 0.0714. The maximum atomic E-state index is 13.6. The van der Waals surface area contributed by atoms with Crippen molar-refractivity contribution in [3.8, 4) is 0 Å². The molecule has 104 valence electrons. The van der Waals surface area contributed by atoms with Crippen LogP contribution < -0.4 is 10.6 Å². The molecule has 20 heavy (non-hydrogen) atoms. The molecule has 0 fully saturated rings. The Morgan fingerprint density at radius 1 is 1.10 bits per heavy atom. The van der Waals surface area contributed by atoms with Gasteiger partial charge in [-0.3, -0.25) is 4.79 Å². The summed E-state index contributed by atoms with van der Waals surface area (Å²) in [5, 5.41) is 0. The van der Waals surface area contributed by atoms with Gasteiger partial charge in [0.2, 0.25) is 0 Å². The molecule has 2 N–H and O–H groups in total. The maximum absolute atomic E-state index is 13.6. The number of amides is 1. The Morgan fingerprint density at radius 3 is 2.45 bits per heavy atom. The van der Waals surface area contributed by atoms with E-state index in [1.807, 2.05) is 0 Å². The first-order valence-electron chi connectivity index (χ1n) is 5.68. The Bertz CT molecular complexity index is 673. The summed E-state index contributed by atoms with van der Waals surface area (Å²) >= 11 is 0. The maximum Gasteiger partial charge on any atom is 0.261 e. The summed E-state index contributed by atoms with van der Waals surface area (Å²) in [4.78, 5) is 13.2. The third-order valence-electron chi connectivity index (χ3n) is 2.82. The number of carbonyl (C=O) groups excluding carboxylic acids is 1.